The van der Waals surface area contributed by atoms with Crippen molar-refractivity contribution in [3.8, 4) is 5.75 Å². The minimum absolute atomic E-state index is 0.306. The topological polar surface area (TPSA) is 21.3 Å². The molecule has 0 unspecified atom stereocenters. The van der Waals surface area contributed by atoms with E-state index in [1.165, 1.54) is 19.2 Å². The molecule has 1 N–H and O–H groups in total. The molecule has 0 bridgehead atoms. The van der Waals surface area contributed by atoms with Gasteiger partial charge in [0.05, 0.1) is 12.8 Å². The van der Waals surface area contributed by atoms with Gasteiger partial charge in [0.15, 0.2) is 0 Å². The van der Waals surface area contributed by atoms with Crippen molar-refractivity contribution >= 4 is 21.6 Å². The van der Waals surface area contributed by atoms with Crippen LogP contribution in [0.5, 0.6) is 5.75 Å². The van der Waals surface area contributed by atoms with Crippen LogP contribution in [-0.2, 0) is 6.54 Å². The van der Waals surface area contributed by atoms with E-state index in [0.717, 1.165) is 15.7 Å². The molecule has 0 aliphatic carbocycles. The molecule has 0 amide bonds. The standard InChI is InChI=1S/C14H13BrFNO/c1-18-14-8-12(16)5-6-13(14)17-9-10-3-2-4-11(15)7-10/h2-8,17H,9H2,1H3. The summed E-state index contributed by atoms with van der Waals surface area (Å²) >= 11 is 3.42. The van der Waals surface area contributed by atoms with E-state index in [4.69, 9.17) is 4.74 Å². The number of hydrogen-bond donors (Lipinski definition) is 1. The van der Waals surface area contributed by atoms with Crippen molar-refractivity contribution in [2.24, 2.45) is 0 Å². The van der Waals surface area contributed by atoms with E-state index in [0.29, 0.717) is 12.3 Å². The molecule has 18 heavy (non-hydrogen) atoms. The fraction of sp³-hybridized carbons (Fsp3) is 0.143. The molecular formula is C14H13BrFNO. The molecule has 0 saturated carbocycles. The van der Waals surface area contributed by atoms with Gasteiger partial charge in [-0.25, -0.2) is 4.39 Å². The zero-order chi connectivity index (χ0) is 13.0. The van der Waals surface area contributed by atoms with Crippen LogP contribution in [0.15, 0.2) is 46.9 Å². The van der Waals surface area contributed by atoms with Crippen molar-refractivity contribution in [2.75, 3.05) is 12.4 Å². The van der Waals surface area contributed by atoms with Crippen LogP contribution in [0.4, 0.5) is 10.1 Å². The molecule has 0 fully saturated rings. The lowest BCUT2D eigenvalue weighted by atomic mass is 10.2. The highest BCUT2D eigenvalue weighted by Crippen LogP contribution is 2.25. The first-order valence-electron chi connectivity index (χ1n) is 5.51. The van der Waals surface area contributed by atoms with E-state index in [-0.39, 0.29) is 5.82 Å². The molecule has 4 heteroatoms. The van der Waals surface area contributed by atoms with Crippen LogP contribution in [0.25, 0.3) is 0 Å². The average Bonchev–Trinajstić information content (AvgIpc) is 2.37. The molecular weight excluding hydrogens is 297 g/mol. The van der Waals surface area contributed by atoms with Gasteiger partial charge in [0.2, 0.25) is 0 Å². The second-order valence-corrected chi connectivity index (χ2v) is 4.74. The van der Waals surface area contributed by atoms with Crippen LogP contribution in [0.2, 0.25) is 0 Å². The van der Waals surface area contributed by atoms with E-state index in [2.05, 4.69) is 21.2 Å². The number of hydrogen-bond acceptors (Lipinski definition) is 2. The monoisotopic (exact) mass is 309 g/mol. The third-order valence-corrected chi connectivity index (χ3v) is 3.03. The molecule has 0 aliphatic heterocycles. The maximum absolute atomic E-state index is 13.0. The lowest BCUT2D eigenvalue weighted by Crippen LogP contribution is -2.01. The lowest BCUT2D eigenvalue weighted by Gasteiger charge is -2.11. The van der Waals surface area contributed by atoms with Gasteiger partial charge in [-0.2, -0.15) is 0 Å². The smallest absolute Gasteiger partial charge is 0.144 e. The number of halogens is 2. The predicted octanol–water partition coefficient (Wildman–Crippen LogP) is 4.21. The molecule has 2 nitrogen and oxygen atoms in total. The number of nitrogens with one attached hydrogen (secondary N) is 1. The van der Waals surface area contributed by atoms with Gasteiger partial charge in [0, 0.05) is 17.1 Å². The second kappa shape index (κ2) is 5.87. The van der Waals surface area contributed by atoms with Gasteiger partial charge >= 0.3 is 0 Å². The SMILES string of the molecule is COc1cc(F)ccc1NCc1cccc(Br)c1. The summed E-state index contributed by atoms with van der Waals surface area (Å²) in [7, 11) is 1.53. The Morgan fingerprint density at radius 1 is 1.22 bits per heavy atom. The molecule has 0 aliphatic rings. The summed E-state index contributed by atoms with van der Waals surface area (Å²) in [6.45, 7) is 0.654. The highest BCUT2D eigenvalue weighted by molar-refractivity contribution is 9.10. The molecule has 2 aromatic rings. The van der Waals surface area contributed by atoms with Crippen molar-refractivity contribution in [1.29, 1.82) is 0 Å². The Morgan fingerprint density at radius 2 is 2.06 bits per heavy atom. The van der Waals surface area contributed by atoms with Gasteiger partial charge in [-0.3, -0.25) is 0 Å². The number of ether oxygens (including phenoxy) is 1. The van der Waals surface area contributed by atoms with Crippen molar-refractivity contribution in [3.63, 3.8) is 0 Å². The minimum atomic E-state index is -0.306. The van der Waals surface area contributed by atoms with E-state index < -0.39 is 0 Å². The summed E-state index contributed by atoms with van der Waals surface area (Å²) in [5.41, 5.74) is 1.91. The highest BCUT2D eigenvalue weighted by atomic mass is 79.9. The molecule has 0 saturated heterocycles. The van der Waals surface area contributed by atoms with Crippen molar-refractivity contribution < 1.29 is 9.13 Å². The van der Waals surface area contributed by atoms with E-state index in [1.54, 1.807) is 6.07 Å². The van der Waals surface area contributed by atoms with Gasteiger partial charge in [-0.1, -0.05) is 28.1 Å². The Balaban J connectivity index is 2.10. The number of benzene rings is 2. The van der Waals surface area contributed by atoms with Crippen molar-refractivity contribution in [1.82, 2.24) is 0 Å². The molecule has 0 heterocycles. The first-order chi connectivity index (χ1) is 8.69. The van der Waals surface area contributed by atoms with Gasteiger partial charge in [-0.15, -0.1) is 0 Å². The fourth-order valence-electron chi connectivity index (χ4n) is 1.66. The Bertz CT molecular complexity index is 545. The Kier molecular flexibility index (Phi) is 4.20. The molecule has 0 atom stereocenters. The summed E-state index contributed by atoms with van der Waals surface area (Å²) in [5, 5.41) is 3.22. The summed E-state index contributed by atoms with van der Waals surface area (Å²) in [5.74, 6) is 0.199. The average molecular weight is 310 g/mol. The first-order valence-corrected chi connectivity index (χ1v) is 6.30. The predicted molar refractivity (Wildman–Crippen MR) is 74.4 cm³/mol. The van der Waals surface area contributed by atoms with Gasteiger partial charge < -0.3 is 10.1 Å². The van der Waals surface area contributed by atoms with E-state index in [9.17, 15) is 4.39 Å². The van der Waals surface area contributed by atoms with Crippen LogP contribution >= 0.6 is 15.9 Å². The third kappa shape index (κ3) is 3.23. The Hall–Kier alpha value is -1.55. The summed E-state index contributed by atoms with van der Waals surface area (Å²) in [4.78, 5) is 0. The van der Waals surface area contributed by atoms with Gasteiger partial charge in [-0.05, 0) is 29.8 Å². The Morgan fingerprint density at radius 3 is 2.78 bits per heavy atom. The van der Waals surface area contributed by atoms with Crippen molar-refractivity contribution in [2.45, 2.75) is 6.54 Å². The highest BCUT2D eigenvalue weighted by Gasteiger charge is 2.04. The quantitative estimate of drug-likeness (QED) is 0.913. The second-order valence-electron chi connectivity index (χ2n) is 3.83. The maximum Gasteiger partial charge on any atom is 0.144 e. The normalized spacial score (nSPS) is 10.2. The first kappa shape index (κ1) is 12.9. The Labute approximate surface area is 114 Å². The van der Waals surface area contributed by atoms with Crippen LogP contribution in [-0.4, -0.2) is 7.11 Å². The summed E-state index contributed by atoms with van der Waals surface area (Å²) in [6.07, 6.45) is 0. The zero-order valence-corrected chi connectivity index (χ0v) is 11.5. The summed E-state index contributed by atoms with van der Waals surface area (Å²) in [6, 6.07) is 12.4. The number of methoxy groups -OCH3 is 1. The van der Waals surface area contributed by atoms with Gasteiger partial charge in [0.25, 0.3) is 0 Å². The zero-order valence-electron chi connectivity index (χ0n) is 9.91. The molecule has 0 spiro atoms. The lowest BCUT2D eigenvalue weighted by molar-refractivity contribution is 0.413. The van der Waals surface area contributed by atoms with Crippen LogP contribution < -0.4 is 10.1 Å². The molecule has 94 valence electrons. The van der Waals surface area contributed by atoms with Crippen LogP contribution in [0.1, 0.15) is 5.56 Å². The summed E-state index contributed by atoms with van der Waals surface area (Å²) < 4.78 is 19.2. The maximum atomic E-state index is 13.0. The minimum Gasteiger partial charge on any atom is -0.494 e. The molecule has 0 radical (unpaired) electrons. The number of rotatable bonds is 4. The third-order valence-electron chi connectivity index (χ3n) is 2.54. The van der Waals surface area contributed by atoms with Crippen molar-refractivity contribution in [3.05, 3.63) is 58.3 Å². The fourth-order valence-corrected chi connectivity index (χ4v) is 2.10. The molecule has 2 rings (SSSR count). The van der Waals surface area contributed by atoms with Crippen LogP contribution in [0.3, 0.4) is 0 Å². The number of anilines is 1. The van der Waals surface area contributed by atoms with Gasteiger partial charge in [0.1, 0.15) is 11.6 Å². The van der Waals surface area contributed by atoms with E-state index >= 15 is 0 Å². The van der Waals surface area contributed by atoms with Crippen LogP contribution in [0, 0.1) is 5.82 Å². The molecule has 0 aromatic heterocycles. The largest absolute Gasteiger partial charge is 0.494 e. The molecule has 2 aromatic carbocycles. The van der Waals surface area contributed by atoms with E-state index in [1.807, 2.05) is 24.3 Å².